The van der Waals surface area contributed by atoms with Gasteiger partial charge in [-0.3, -0.25) is 4.79 Å². The van der Waals surface area contributed by atoms with Gasteiger partial charge in [-0.1, -0.05) is 19.8 Å². The molecule has 0 bridgehead atoms. The Morgan fingerprint density at radius 1 is 1.54 bits per heavy atom. The predicted octanol–water partition coefficient (Wildman–Crippen LogP) is 1.72. The van der Waals surface area contributed by atoms with E-state index in [1.165, 1.54) is 0 Å². The third kappa shape index (κ3) is 3.85. The van der Waals surface area contributed by atoms with Crippen molar-refractivity contribution in [1.29, 1.82) is 0 Å². The molecule has 0 aliphatic carbocycles. The molecule has 0 aromatic rings. The second kappa shape index (κ2) is 7.20. The van der Waals surface area contributed by atoms with Crippen LogP contribution in [-0.2, 0) is 9.53 Å². The summed E-state index contributed by atoms with van der Waals surface area (Å²) in [5.41, 5.74) is 0. The molecule has 1 aliphatic rings. The Morgan fingerprint density at radius 3 is 2.77 bits per heavy atom. The Bertz CT molecular complexity index is 164. The Kier molecular flexibility index (Phi) is 7.68. The minimum absolute atomic E-state index is 0. The summed E-state index contributed by atoms with van der Waals surface area (Å²) >= 11 is 0. The number of nitrogens with zero attached hydrogens (tertiary/aromatic N) is 1. The Morgan fingerprint density at radius 2 is 2.23 bits per heavy atom. The number of ether oxygens (including phenoxy) is 1. The van der Waals surface area contributed by atoms with E-state index in [9.17, 15) is 4.79 Å². The van der Waals surface area contributed by atoms with E-state index in [0.717, 1.165) is 19.4 Å². The van der Waals surface area contributed by atoms with Crippen LogP contribution in [0.15, 0.2) is 0 Å². The van der Waals surface area contributed by atoms with Crippen molar-refractivity contribution in [2.45, 2.75) is 32.7 Å². The molecule has 4 heteroatoms. The molecule has 0 amide bonds. The largest absolute Gasteiger partial charge is 0.650 e. The first-order valence-corrected chi connectivity index (χ1v) is 4.62. The SMILES string of the molecule is CCOC(=O)C1[N-]CCC1CC.[Ac]. The zero-order valence-electron chi connectivity index (χ0n) is 8.32. The molecule has 3 nitrogen and oxygen atoms in total. The molecule has 2 atom stereocenters. The van der Waals surface area contributed by atoms with Crippen LogP contribution in [0.3, 0.4) is 0 Å². The molecule has 1 radical (unpaired) electrons. The molecule has 0 aromatic carbocycles. The van der Waals surface area contributed by atoms with Crippen molar-refractivity contribution < 1.29 is 53.6 Å². The van der Waals surface area contributed by atoms with Crippen LogP contribution in [-0.4, -0.2) is 25.2 Å². The number of hydrogen-bond acceptors (Lipinski definition) is 2. The fourth-order valence-corrected chi connectivity index (χ4v) is 1.61. The topological polar surface area (TPSA) is 40.4 Å². The van der Waals surface area contributed by atoms with Gasteiger partial charge in [0.15, 0.2) is 0 Å². The molecule has 0 N–H and O–H groups in total. The molecule has 0 spiro atoms. The smallest absolute Gasteiger partial charge is 0.288 e. The summed E-state index contributed by atoms with van der Waals surface area (Å²) in [4.78, 5) is 11.3. The zero-order chi connectivity index (χ0) is 8.97. The van der Waals surface area contributed by atoms with Crippen molar-refractivity contribution in [1.82, 2.24) is 0 Å². The van der Waals surface area contributed by atoms with E-state index in [4.69, 9.17) is 4.74 Å². The Balaban J connectivity index is 0.00000144. The van der Waals surface area contributed by atoms with Crippen molar-refractivity contribution in [3.63, 3.8) is 0 Å². The summed E-state index contributed by atoms with van der Waals surface area (Å²) in [5, 5.41) is 4.23. The van der Waals surface area contributed by atoms with Gasteiger partial charge in [-0.05, 0) is 18.9 Å². The molecule has 1 heterocycles. The molecule has 1 aliphatic heterocycles. The summed E-state index contributed by atoms with van der Waals surface area (Å²) in [5.74, 6) is 0.283. The van der Waals surface area contributed by atoms with Gasteiger partial charge in [0.2, 0.25) is 0 Å². The zero-order valence-corrected chi connectivity index (χ0v) is 13.1. The van der Waals surface area contributed by atoms with Gasteiger partial charge in [-0.15, -0.1) is 6.54 Å². The van der Waals surface area contributed by atoms with Gasteiger partial charge in [-0.2, -0.15) is 0 Å². The first-order chi connectivity index (χ1) is 5.79. The number of esters is 1. The maximum Gasteiger partial charge on any atom is 0.288 e. The Hall–Kier alpha value is 0.872. The van der Waals surface area contributed by atoms with E-state index >= 15 is 0 Å². The van der Waals surface area contributed by atoms with Crippen LogP contribution in [0.4, 0.5) is 0 Å². The summed E-state index contributed by atoms with van der Waals surface area (Å²) in [6.07, 6.45) is 2.06. The first-order valence-electron chi connectivity index (χ1n) is 4.62. The van der Waals surface area contributed by atoms with Crippen LogP contribution < -0.4 is 0 Å². The van der Waals surface area contributed by atoms with Crippen molar-refractivity contribution in [3.8, 4) is 0 Å². The van der Waals surface area contributed by atoms with E-state index in [2.05, 4.69) is 12.2 Å². The molecule has 0 saturated carbocycles. The van der Waals surface area contributed by atoms with Gasteiger partial charge >= 0.3 is 0 Å². The maximum atomic E-state index is 11.3. The van der Waals surface area contributed by atoms with Crippen molar-refractivity contribution in [2.24, 2.45) is 5.92 Å². The van der Waals surface area contributed by atoms with E-state index in [0.29, 0.717) is 12.5 Å². The quantitative estimate of drug-likeness (QED) is 0.681. The molecule has 1 fully saturated rings. The van der Waals surface area contributed by atoms with E-state index < -0.39 is 0 Å². The molecule has 1 saturated heterocycles. The van der Waals surface area contributed by atoms with Gasteiger partial charge in [-0.25, -0.2) is 0 Å². The van der Waals surface area contributed by atoms with Crippen LogP contribution in [0.1, 0.15) is 26.7 Å². The van der Waals surface area contributed by atoms with Crippen molar-refractivity contribution >= 4 is 5.97 Å². The minimum Gasteiger partial charge on any atom is -0.650 e. The molecule has 2 unspecified atom stereocenters. The summed E-state index contributed by atoms with van der Waals surface area (Å²) in [6.45, 7) is 5.20. The second-order valence-electron chi connectivity index (χ2n) is 3.06. The van der Waals surface area contributed by atoms with Crippen LogP contribution >= 0.6 is 0 Å². The van der Waals surface area contributed by atoms with Gasteiger partial charge in [0.1, 0.15) is 0 Å². The van der Waals surface area contributed by atoms with E-state index in [1.807, 2.05) is 6.92 Å². The number of rotatable bonds is 3. The molecular formula is C9H16AcNO2-. The average molecular weight is 397 g/mol. The second-order valence-corrected chi connectivity index (χ2v) is 3.06. The summed E-state index contributed by atoms with van der Waals surface area (Å²) in [7, 11) is 0. The van der Waals surface area contributed by atoms with E-state index in [1.54, 1.807) is 0 Å². The molecule has 1 rings (SSSR count). The number of carbonyl (C=O) groups excluding carboxylic acids is 1. The van der Waals surface area contributed by atoms with Crippen LogP contribution in [0, 0.1) is 50.0 Å². The molecule has 0 aromatic heterocycles. The average Bonchev–Trinajstić information content (AvgIpc) is 2.51. The van der Waals surface area contributed by atoms with Crippen LogP contribution in [0.5, 0.6) is 0 Å². The van der Waals surface area contributed by atoms with Crippen LogP contribution in [0.2, 0.25) is 0 Å². The standard InChI is InChI=1S/C9H16NO2.Ac/c1-3-7-5-6-10-8(7)9(11)12-4-2;/h7-8H,3-6H2,1-2H3;/q-1;. The number of carbonyl (C=O) groups is 1. The van der Waals surface area contributed by atoms with Gasteiger partial charge in [0.05, 0.1) is 6.61 Å². The van der Waals surface area contributed by atoms with Crippen LogP contribution in [0.25, 0.3) is 5.32 Å². The third-order valence-electron chi connectivity index (χ3n) is 2.32. The normalized spacial score (nSPS) is 26.6. The first kappa shape index (κ1) is 13.9. The third-order valence-corrected chi connectivity index (χ3v) is 2.32. The van der Waals surface area contributed by atoms with E-state index in [-0.39, 0.29) is 56.1 Å². The Labute approximate surface area is 116 Å². The number of hydrogen-bond donors (Lipinski definition) is 0. The van der Waals surface area contributed by atoms with Crippen molar-refractivity contribution in [3.05, 3.63) is 5.32 Å². The van der Waals surface area contributed by atoms with Gasteiger partial charge < -0.3 is 10.1 Å². The summed E-state index contributed by atoms with van der Waals surface area (Å²) < 4.78 is 4.93. The predicted molar refractivity (Wildman–Crippen MR) is 47.0 cm³/mol. The monoisotopic (exact) mass is 397 g/mol. The maximum absolute atomic E-state index is 11.3. The molecule has 13 heavy (non-hydrogen) atoms. The van der Waals surface area contributed by atoms with Crippen molar-refractivity contribution in [2.75, 3.05) is 13.2 Å². The molecule has 73 valence electrons. The molecular weight excluding hydrogens is 381 g/mol. The van der Waals surface area contributed by atoms with Gasteiger partial charge in [0.25, 0.3) is 5.97 Å². The fourth-order valence-electron chi connectivity index (χ4n) is 1.61. The fraction of sp³-hybridized carbons (Fsp3) is 0.889. The minimum atomic E-state index is -0.171. The van der Waals surface area contributed by atoms with Gasteiger partial charge in [0, 0.05) is 44.1 Å². The summed E-state index contributed by atoms with van der Waals surface area (Å²) in [6, 6.07) is -0.171.